The van der Waals surface area contributed by atoms with Gasteiger partial charge in [0, 0.05) is 11.6 Å². The zero-order chi connectivity index (χ0) is 20.9. The van der Waals surface area contributed by atoms with Crippen LogP contribution >= 0.6 is 0 Å². The molecule has 0 spiro atoms. The summed E-state index contributed by atoms with van der Waals surface area (Å²) < 4.78 is 5.75. The van der Waals surface area contributed by atoms with Gasteiger partial charge >= 0.3 is 0 Å². The van der Waals surface area contributed by atoms with E-state index < -0.39 is 0 Å². The minimum absolute atomic E-state index is 0.149. The largest absolute Gasteiger partial charge is 0.457 e. The Bertz CT molecular complexity index is 1030. The highest BCUT2D eigenvalue weighted by molar-refractivity contribution is 5.91. The average Bonchev–Trinajstić information content (AvgIpc) is 2.69. The van der Waals surface area contributed by atoms with E-state index in [0.717, 1.165) is 5.56 Å². The first-order chi connectivity index (χ1) is 13.8. The van der Waals surface area contributed by atoms with E-state index in [2.05, 4.69) is 21.4 Å². The van der Waals surface area contributed by atoms with Crippen molar-refractivity contribution < 1.29 is 9.53 Å². The first-order valence-corrected chi connectivity index (χ1v) is 9.24. The molecule has 0 saturated carbocycles. The van der Waals surface area contributed by atoms with Crippen molar-refractivity contribution in [2.75, 3.05) is 5.32 Å². The smallest absolute Gasteiger partial charge is 0.229 e. The van der Waals surface area contributed by atoms with Crippen LogP contribution in [0.3, 0.4) is 0 Å². The number of hydrogen-bond donors (Lipinski definition) is 1. The molecular weight excluding hydrogens is 364 g/mol. The second-order valence-electron chi connectivity index (χ2n) is 7.62. The molecule has 0 unspecified atom stereocenters. The number of aromatic nitrogens is 2. The Kier molecular flexibility index (Phi) is 5.89. The number of nitrogens with one attached hydrogen (secondary N) is 1. The molecule has 0 aliphatic heterocycles. The van der Waals surface area contributed by atoms with Gasteiger partial charge in [0.05, 0.1) is 18.1 Å². The fourth-order valence-corrected chi connectivity index (χ4v) is 2.57. The van der Waals surface area contributed by atoms with Gasteiger partial charge in [-0.05, 0) is 48.0 Å². The molecule has 1 N–H and O–H groups in total. The SMILES string of the molecule is CC(C)(C)c1nccc(NC(=O)Cc2ccc(Oc3ccc(C#N)cc3)cc2)n1. The van der Waals surface area contributed by atoms with Crippen molar-refractivity contribution in [2.24, 2.45) is 0 Å². The monoisotopic (exact) mass is 386 g/mol. The van der Waals surface area contributed by atoms with Crippen LogP contribution in [-0.4, -0.2) is 15.9 Å². The molecule has 1 amide bonds. The fourth-order valence-electron chi connectivity index (χ4n) is 2.57. The van der Waals surface area contributed by atoms with Gasteiger partial charge in [0.1, 0.15) is 23.1 Å². The van der Waals surface area contributed by atoms with Gasteiger partial charge in [0.25, 0.3) is 0 Å². The van der Waals surface area contributed by atoms with Crippen LogP contribution in [0, 0.1) is 11.3 Å². The second kappa shape index (κ2) is 8.53. The summed E-state index contributed by atoms with van der Waals surface area (Å²) in [6.45, 7) is 6.07. The number of hydrogen-bond acceptors (Lipinski definition) is 5. The summed E-state index contributed by atoms with van der Waals surface area (Å²) in [5, 5.41) is 11.7. The molecule has 0 bridgehead atoms. The van der Waals surface area contributed by atoms with Crippen molar-refractivity contribution in [3.8, 4) is 17.6 Å². The Balaban J connectivity index is 1.59. The van der Waals surface area contributed by atoms with Crippen molar-refractivity contribution in [1.29, 1.82) is 5.26 Å². The number of carbonyl (C=O) groups excluding carboxylic acids is 1. The zero-order valence-corrected chi connectivity index (χ0v) is 16.6. The van der Waals surface area contributed by atoms with Crippen molar-refractivity contribution in [1.82, 2.24) is 9.97 Å². The third-order valence-electron chi connectivity index (χ3n) is 4.10. The molecule has 0 radical (unpaired) electrons. The van der Waals surface area contributed by atoms with E-state index in [4.69, 9.17) is 10.00 Å². The molecule has 0 aliphatic rings. The van der Waals surface area contributed by atoms with Crippen LogP contribution in [0.5, 0.6) is 11.5 Å². The Morgan fingerprint density at radius 1 is 1.03 bits per heavy atom. The summed E-state index contributed by atoms with van der Waals surface area (Å²) in [4.78, 5) is 21.0. The van der Waals surface area contributed by atoms with Crippen LogP contribution in [0.15, 0.2) is 60.8 Å². The normalized spacial score (nSPS) is 10.8. The Morgan fingerprint density at radius 3 is 2.24 bits per heavy atom. The molecule has 0 aliphatic carbocycles. The highest BCUT2D eigenvalue weighted by Gasteiger charge is 2.17. The molecule has 1 aromatic heterocycles. The van der Waals surface area contributed by atoms with Crippen LogP contribution in [0.25, 0.3) is 0 Å². The number of ether oxygens (including phenoxy) is 1. The first-order valence-electron chi connectivity index (χ1n) is 9.24. The molecule has 6 heteroatoms. The van der Waals surface area contributed by atoms with E-state index in [1.165, 1.54) is 0 Å². The topological polar surface area (TPSA) is 87.9 Å². The lowest BCUT2D eigenvalue weighted by Crippen LogP contribution is -2.19. The van der Waals surface area contributed by atoms with Crippen molar-refractivity contribution in [3.05, 3.63) is 77.7 Å². The number of carbonyl (C=O) groups is 1. The van der Waals surface area contributed by atoms with E-state index in [9.17, 15) is 4.79 Å². The van der Waals surface area contributed by atoms with E-state index in [1.54, 1.807) is 36.5 Å². The molecule has 1 heterocycles. The van der Waals surface area contributed by atoms with Gasteiger partial charge < -0.3 is 10.1 Å². The highest BCUT2D eigenvalue weighted by Crippen LogP contribution is 2.22. The summed E-state index contributed by atoms with van der Waals surface area (Å²) in [5.41, 5.74) is 1.25. The van der Waals surface area contributed by atoms with Crippen LogP contribution in [0.2, 0.25) is 0 Å². The fraction of sp³-hybridized carbons (Fsp3) is 0.217. The highest BCUT2D eigenvalue weighted by atomic mass is 16.5. The molecule has 29 heavy (non-hydrogen) atoms. The van der Waals surface area contributed by atoms with Crippen molar-refractivity contribution in [2.45, 2.75) is 32.6 Å². The zero-order valence-electron chi connectivity index (χ0n) is 16.6. The lowest BCUT2D eigenvalue weighted by atomic mass is 9.96. The van der Waals surface area contributed by atoms with E-state index >= 15 is 0 Å². The van der Waals surface area contributed by atoms with Gasteiger partial charge in [-0.3, -0.25) is 4.79 Å². The molecule has 146 valence electrons. The standard InChI is InChI=1S/C23H22N4O2/c1-23(2,3)22-25-13-12-20(27-22)26-21(28)14-16-4-8-18(9-5-16)29-19-10-6-17(15-24)7-11-19/h4-13H,14H2,1-3H3,(H,25,26,27,28). The Hall–Kier alpha value is -3.72. The van der Waals surface area contributed by atoms with Gasteiger partial charge in [0.15, 0.2) is 0 Å². The Labute approximate surface area is 170 Å². The molecule has 0 fully saturated rings. The van der Waals surface area contributed by atoms with Crippen LogP contribution in [-0.2, 0) is 16.6 Å². The predicted molar refractivity (Wildman–Crippen MR) is 111 cm³/mol. The maximum absolute atomic E-state index is 12.4. The minimum Gasteiger partial charge on any atom is -0.457 e. The lowest BCUT2D eigenvalue weighted by molar-refractivity contribution is -0.115. The van der Waals surface area contributed by atoms with Crippen LogP contribution in [0.1, 0.15) is 37.7 Å². The third kappa shape index (κ3) is 5.63. The van der Waals surface area contributed by atoms with Gasteiger partial charge in [-0.15, -0.1) is 0 Å². The van der Waals surface area contributed by atoms with Crippen LogP contribution < -0.4 is 10.1 Å². The molecule has 2 aromatic carbocycles. The van der Waals surface area contributed by atoms with Gasteiger partial charge in [-0.2, -0.15) is 5.26 Å². The van der Waals surface area contributed by atoms with Crippen molar-refractivity contribution >= 4 is 11.7 Å². The van der Waals surface area contributed by atoms with Gasteiger partial charge in [-0.25, -0.2) is 9.97 Å². The molecule has 3 rings (SSSR count). The summed E-state index contributed by atoms with van der Waals surface area (Å²) in [7, 11) is 0. The minimum atomic E-state index is -0.189. The quantitative estimate of drug-likeness (QED) is 0.691. The first kappa shape index (κ1) is 20.0. The van der Waals surface area contributed by atoms with Crippen LogP contribution in [0.4, 0.5) is 5.82 Å². The predicted octanol–water partition coefficient (Wildman–Crippen LogP) is 4.62. The van der Waals surface area contributed by atoms with Gasteiger partial charge in [0.2, 0.25) is 5.91 Å². The number of amides is 1. The Morgan fingerprint density at radius 2 is 1.66 bits per heavy atom. The second-order valence-corrected chi connectivity index (χ2v) is 7.62. The number of nitriles is 1. The summed E-state index contributed by atoms with van der Waals surface area (Å²) in [5.74, 6) is 2.33. The molecule has 6 nitrogen and oxygen atoms in total. The number of anilines is 1. The summed E-state index contributed by atoms with van der Waals surface area (Å²) in [6, 6.07) is 18.0. The molecule has 0 atom stereocenters. The summed E-state index contributed by atoms with van der Waals surface area (Å²) >= 11 is 0. The summed E-state index contributed by atoms with van der Waals surface area (Å²) in [6.07, 6.45) is 1.88. The van der Waals surface area contributed by atoms with Gasteiger partial charge in [-0.1, -0.05) is 32.9 Å². The average molecular weight is 386 g/mol. The number of nitrogens with zero attached hydrogens (tertiary/aromatic N) is 3. The van der Waals surface area contributed by atoms with E-state index in [-0.39, 0.29) is 17.7 Å². The molecular formula is C23H22N4O2. The van der Waals surface area contributed by atoms with E-state index in [1.807, 2.05) is 45.0 Å². The maximum atomic E-state index is 12.4. The van der Waals surface area contributed by atoms with E-state index in [0.29, 0.717) is 28.7 Å². The third-order valence-corrected chi connectivity index (χ3v) is 4.10. The lowest BCUT2D eigenvalue weighted by Gasteiger charge is -2.16. The maximum Gasteiger partial charge on any atom is 0.229 e. The molecule has 3 aromatic rings. The molecule has 0 saturated heterocycles. The number of benzene rings is 2. The van der Waals surface area contributed by atoms with Crippen molar-refractivity contribution in [3.63, 3.8) is 0 Å². The number of rotatable bonds is 5.